The van der Waals surface area contributed by atoms with Crippen LogP contribution in [0.25, 0.3) is 0 Å². The molecule has 0 spiro atoms. The van der Waals surface area contributed by atoms with Gasteiger partial charge in [-0.05, 0) is 25.5 Å². The van der Waals surface area contributed by atoms with Gasteiger partial charge in [0.25, 0.3) is 0 Å². The topological polar surface area (TPSA) is 55.8 Å². The predicted octanol–water partition coefficient (Wildman–Crippen LogP) is 2.06. The maximum absolute atomic E-state index is 12.4. The molecule has 2 atom stereocenters. The summed E-state index contributed by atoms with van der Waals surface area (Å²) >= 11 is 6.09. The van der Waals surface area contributed by atoms with Gasteiger partial charge in [-0.2, -0.15) is 0 Å². The summed E-state index contributed by atoms with van der Waals surface area (Å²) in [5, 5.41) is 12.8. The number of nitrogens with zero attached hydrogens (tertiary/aromatic N) is 2. The fraction of sp³-hybridized carbons (Fsp3) is 0.588. The molecule has 1 amide bonds. The number of anilines is 1. The Labute approximate surface area is 143 Å². The highest BCUT2D eigenvalue weighted by atomic mass is 35.5. The van der Waals surface area contributed by atoms with E-state index in [0.717, 1.165) is 32.6 Å². The maximum Gasteiger partial charge on any atom is 0.241 e. The normalized spacial score (nSPS) is 19.3. The van der Waals surface area contributed by atoms with Crippen molar-refractivity contribution in [2.45, 2.75) is 32.4 Å². The lowest BCUT2D eigenvalue weighted by Crippen LogP contribution is -2.55. The van der Waals surface area contributed by atoms with Crippen LogP contribution in [0.2, 0.25) is 5.02 Å². The molecule has 1 saturated heterocycles. The van der Waals surface area contributed by atoms with E-state index in [9.17, 15) is 9.90 Å². The number of nitrogens with one attached hydrogen (secondary N) is 1. The van der Waals surface area contributed by atoms with Crippen molar-refractivity contribution in [3.05, 3.63) is 29.3 Å². The number of aliphatic hydroxyl groups excluding tert-OH is 1. The van der Waals surface area contributed by atoms with E-state index >= 15 is 0 Å². The highest BCUT2D eigenvalue weighted by Gasteiger charge is 2.28. The zero-order valence-corrected chi connectivity index (χ0v) is 14.6. The van der Waals surface area contributed by atoms with Crippen LogP contribution in [-0.4, -0.2) is 65.7 Å². The molecule has 2 N–H and O–H groups in total. The van der Waals surface area contributed by atoms with Gasteiger partial charge in [-0.3, -0.25) is 14.6 Å². The Morgan fingerprint density at radius 1 is 1.26 bits per heavy atom. The maximum atomic E-state index is 12.4. The summed E-state index contributed by atoms with van der Waals surface area (Å²) in [6.45, 7) is 7.62. The number of carbonyl (C=O) groups is 1. The van der Waals surface area contributed by atoms with E-state index < -0.39 is 0 Å². The Balaban J connectivity index is 1.88. The summed E-state index contributed by atoms with van der Waals surface area (Å²) in [5.41, 5.74) is 0.649. The minimum Gasteiger partial charge on any atom is -0.395 e. The monoisotopic (exact) mass is 339 g/mol. The third-order valence-electron chi connectivity index (χ3n) is 4.61. The van der Waals surface area contributed by atoms with Gasteiger partial charge in [0.05, 0.1) is 23.4 Å². The van der Waals surface area contributed by atoms with Gasteiger partial charge in [-0.25, -0.2) is 0 Å². The molecular formula is C17H26ClN3O2. The minimum absolute atomic E-state index is 0.0410. The molecule has 2 rings (SSSR count). The van der Waals surface area contributed by atoms with Crippen LogP contribution in [0.3, 0.4) is 0 Å². The summed E-state index contributed by atoms with van der Waals surface area (Å²) in [6, 6.07) is 7.28. The number of rotatable bonds is 6. The highest BCUT2D eigenvalue weighted by molar-refractivity contribution is 6.33. The molecule has 1 fully saturated rings. The lowest BCUT2D eigenvalue weighted by Gasteiger charge is -2.40. The quantitative estimate of drug-likeness (QED) is 0.833. The molecule has 0 saturated carbocycles. The van der Waals surface area contributed by atoms with Crippen molar-refractivity contribution in [3.8, 4) is 0 Å². The van der Waals surface area contributed by atoms with Crippen molar-refractivity contribution >= 4 is 23.2 Å². The van der Waals surface area contributed by atoms with Crippen LogP contribution >= 0.6 is 11.6 Å². The Morgan fingerprint density at radius 3 is 2.43 bits per heavy atom. The molecular weight excluding hydrogens is 314 g/mol. The van der Waals surface area contributed by atoms with Crippen molar-refractivity contribution in [1.82, 2.24) is 9.80 Å². The molecule has 128 valence electrons. The number of carbonyl (C=O) groups excluding carboxylic acids is 1. The van der Waals surface area contributed by atoms with E-state index in [1.54, 1.807) is 12.1 Å². The summed E-state index contributed by atoms with van der Waals surface area (Å²) in [5.74, 6) is -0.0410. The van der Waals surface area contributed by atoms with Crippen LogP contribution < -0.4 is 5.32 Å². The van der Waals surface area contributed by atoms with Crippen molar-refractivity contribution in [2.75, 3.05) is 38.1 Å². The van der Waals surface area contributed by atoms with Crippen molar-refractivity contribution in [2.24, 2.45) is 0 Å². The molecule has 0 aliphatic carbocycles. The number of aliphatic hydroxyl groups is 1. The summed E-state index contributed by atoms with van der Waals surface area (Å²) in [4.78, 5) is 16.9. The first-order valence-electron chi connectivity index (χ1n) is 8.21. The van der Waals surface area contributed by atoms with Gasteiger partial charge >= 0.3 is 0 Å². The third-order valence-corrected chi connectivity index (χ3v) is 4.94. The average molecular weight is 340 g/mol. The number of piperazine rings is 1. The van der Waals surface area contributed by atoms with Crippen LogP contribution in [0.4, 0.5) is 5.69 Å². The molecule has 2 unspecified atom stereocenters. The number of para-hydroxylation sites is 1. The standard InChI is InChI=1S/C17H26ClN3O2/c1-3-14(12-22)21-10-8-20(9-11-21)13(2)17(23)19-16-7-5-4-6-15(16)18/h4-7,13-14,22H,3,8-12H2,1-2H3,(H,19,23). The van der Waals surface area contributed by atoms with Crippen LogP contribution in [0.5, 0.6) is 0 Å². The molecule has 1 aliphatic heterocycles. The smallest absolute Gasteiger partial charge is 0.241 e. The zero-order valence-electron chi connectivity index (χ0n) is 13.8. The zero-order chi connectivity index (χ0) is 16.8. The molecule has 1 aromatic rings. The second-order valence-corrected chi connectivity index (χ2v) is 6.37. The van der Waals surface area contributed by atoms with Gasteiger partial charge in [-0.1, -0.05) is 30.7 Å². The van der Waals surface area contributed by atoms with E-state index in [1.165, 1.54) is 0 Å². The molecule has 0 bridgehead atoms. The van der Waals surface area contributed by atoms with Crippen LogP contribution in [-0.2, 0) is 4.79 Å². The molecule has 1 heterocycles. The second-order valence-electron chi connectivity index (χ2n) is 5.96. The first kappa shape index (κ1) is 18.2. The number of halogens is 1. The van der Waals surface area contributed by atoms with E-state index in [2.05, 4.69) is 22.0 Å². The lowest BCUT2D eigenvalue weighted by molar-refractivity contribution is -0.121. The molecule has 5 nitrogen and oxygen atoms in total. The van der Waals surface area contributed by atoms with E-state index in [4.69, 9.17) is 11.6 Å². The van der Waals surface area contributed by atoms with Crippen LogP contribution in [0.1, 0.15) is 20.3 Å². The molecule has 1 aliphatic rings. The minimum atomic E-state index is -0.206. The number of hydrogen-bond acceptors (Lipinski definition) is 4. The number of hydrogen-bond donors (Lipinski definition) is 2. The molecule has 23 heavy (non-hydrogen) atoms. The number of benzene rings is 1. The Bertz CT molecular complexity index is 514. The SMILES string of the molecule is CCC(CO)N1CCN(C(C)C(=O)Nc2ccccc2Cl)CC1. The average Bonchev–Trinajstić information content (AvgIpc) is 2.58. The fourth-order valence-electron chi connectivity index (χ4n) is 2.96. The van der Waals surface area contributed by atoms with Gasteiger partial charge in [0.2, 0.25) is 5.91 Å². The third kappa shape index (κ3) is 4.67. The van der Waals surface area contributed by atoms with Gasteiger partial charge in [-0.15, -0.1) is 0 Å². The van der Waals surface area contributed by atoms with Gasteiger partial charge in [0, 0.05) is 32.2 Å². The molecule has 1 aromatic carbocycles. The largest absolute Gasteiger partial charge is 0.395 e. The fourth-order valence-corrected chi connectivity index (χ4v) is 3.14. The summed E-state index contributed by atoms with van der Waals surface area (Å²) < 4.78 is 0. The van der Waals surface area contributed by atoms with Crippen LogP contribution in [0.15, 0.2) is 24.3 Å². The van der Waals surface area contributed by atoms with Gasteiger partial charge in [0.15, 0.2) is 0 Å². The van der Waals surface area contributed by atoms with E-state index in [1.807, 2.05) is 19.1 Å². The van der Waals surface area contributed by atoms with Gasteiger partial charge in [0.1, 0.15) is 0 Å². The molecule has 0 radical (unpaired) electrons. The predicted molar refractivity (Wildman–Crippen MR) is 93.9 cm³/mol. The van der Waals surface area contributed by atoms with Crippen LogP contribution in [0, 0.1) is 0 Å². The van der Waals surface area contributed by atoms with Gasteiger partial charge < -0.3 is 10.4 Å². The van der Waals surface area contributed by atoms with Crippen molar-refractivity contribution in [1.29, 1.82) is 0 Å². The van der Waals surface area contributed by atoms with E-state index in [-0.39, 0.29) is 24.6 Å². The first-order valence-corrected chi connectivity index (χ1v) is 8.59. The highest BCUT2D eigenvalue weighted by Crippen LogP contribution is 2.21. The number of amides is 1. The first-order chi connectivity index (χ1) is 11.1. The Kier molecular flexibility index (Phi) is 6.84. The summed E-state index contributed by atoms with van der Waals surface area (Å²) in [7, 11) is 0. The lowest BCUT2D eigenvalue weighted by atomic mass is 10.1. The summed E-state index contributed by atoms with van der Waals surface area (Å²) in [6.07, 6.45) is 0.943. The van der Waals surface area contributed by atoms with Crippen molar-refractivity contribution in [3.63, 3.8) is 0 Å². The Morgan fingerprint density at radius 2 is 1.87 bits per heavy atom. The van der Waals surface area contributed by atoms with E-state index in [0.29, 0.717) is 10.7 Å². The molecule has 6 heteroatoms. The second kappa shape index (κ2) is 8.64. The van der Waals surface area contributed by atoms with Crippen molar-refractivity contribution < 1.29 is 9.90 Å². The Hall–Kier alpha value is -1.14. The molecule has 0 aromatic heterocycles.